The number of hydrogen-bond acceptors (Lipinski definition) is 13. The zero-order valence-corrected chi connectivity index (χ0v) is 40.6. The van der Waals surface area contributed by atoms with Gasteiger partial charge < -0.3 is 68.6 Å². The standard InChI is InChI=1S/C45H66N14O11S/c1-26(60)53-31(16-20-71-2)40(66)55-30(14-15-37(62)63)39(65)56-32(22-28-23-49-25-52-28)41(67)57-33(21-27-9-4-3-5-10-27)44(70)59-19-8-12-34(59)42(68)51-24-36(61)58-18-7-13-35(58)43(69)54-29(38(46)64)11-6-17-50-45(47)48/h3-5,9-10,23,25,29-35H,6-8,11-22,24H2,1-2H3,(H2,46,64)(H,49,52)(H,51,68)(H,53,60)(H,54,69)(H,55,66)(H,56,65)(H,57,67)(H,62,63)(H4,47,48,50)/t29-,30-,31-,32-,33-,34-,35-/m0/s1. The number of carboxylic acids is 1. The van der Waals surface area contributed by atoms with E-state index in [0.717, 1.165) is 0 Å². The second-order valence-electron chi connectivity index (χ2n) is 17.2. The van der Waals surface area contributed by atoms with Crippen LogP contribution in [0.4, 0.5) is 0 Å². The van der Waals surface area contributed by atoms with E-state index in [1.54, 1.807) is 30.3 Å². The Kier molecular flexibility index (Phi) is 22.6. The highest BCUT2D eigenvalue weighted by Crippen LogP contribution is 2.21. The van der Waals surface area contributed by atoms with Crippen molar-refractivity contribution in [2.24, 2.45) is 11.5 Å². The lowest BCUT2D eigenvalue weighted by molar-refractivity contribution is -0.143. The molecule has 0 spiro atoms. The van der Waals surface area contributed by atoms with Crippen LogP contribution in [0, 0.1) is 5.41 Å². The molecule has 71 heavy (non-hydrogen) atoms. The maximum absolute atomic E-state index is 14.6. The molecule has 14 N–H and O–H groups in total. The number of thioether (sulfide) groups is 1. The minimum Gasteiger partial charge on any atom is -0.481 e. The molecule has 2 aromatic rings. The molecule has 2 aliphatic heterocycles. The van der Waals surface area contributed by atoms with Crippen molar-refractivity contribution in [2.75, 3.05) is 38.2 Å². The molecule has 1 aromatic heterocycles. The van der Waals surface area contributed by atoms with Crippen LogP contribution in [0.1, 0.15) is 76.0 Å². The second kappa shape index (κ2) is 28.4. The first-order valence-electron chi connectivity index (χ1n) is 23.3. The van der Waals surface area contributed by atoms with Gasteiger partial charge >= 0.3 is 5.97 Å². The quantitative estimate of drug-likeness (QED) is 0.0231. The number of aliphatic carboxylic acids is 1. The van der Waals surface area contributed by atoms with E-state index in [4.69, 9.17) is 16.9 Å². The molecule has 0 saturated carbocycles. The molecule has 4 rings (SSSR count). The van der Waals surface area contributed by atoms with Crippen LogP contribution in [0.15, 0.2) is 42.9 Å². The fraction of sp³-hybridized carbons (Fsp3) is 0.556. The highest BCUT2D eigenvalue weighted by Gasteiger charge is 2.40. The number of aromatic amines is 1. The second-order valence-corrected chi connectivity index (χ2v) is 18.2. The van der Waals surface area contributed by atoms with Crippen LogP contribution in [0.25, 0.3) is 0 Å². The van der Waals surface area contributed by atoms with Crippen molar-refractivity contribution in [3.63, 3.8) is 0 Å². The van der Waals surface area contributed by atoms with Crippen molar-refractivity contribution in [3.05, 3.63) is 54.1 Å². The lowest BCUT2D eigenvalue weighted by Gasteiger charge is -2.30. The van der Waals surface area contributed by atoms with E-state index in [1.165, 1.54) is 41.0 Å². The van der Waals surface area contributed by atoms with Crippen LogP contribution in [-0.4, -0.2) is 170 Å². The Labute approximate surface area is 414 Å². The number of hydrogen-bond donors (Lipinski definition) is 12. The Hall–Kier alpha value is -7.25. The number of carbonyl (C=O) groups is 10. The summed E-state index contributed by atoms with van der Waals surface area (Å²) in [7, 11) is 0. The van der Waals surface area contributed by atoms with E-state index in [-0.39, 0.29) is 64.1 Å². The van der Waals surface area contributed by atoms with Crippen LogP contribution in [0.5, 0.6) is 0 Å². The maximum Gasteiger partial charge on any atom is 0.303 e. The third-order valence-electron chi connectivity index (χ3n) is 11.9. The van der Waals surface area contributed by atoms with Gasteiger partial charge in [-0.05, 0) is 68.9 Å². The number of amides is 9. The number of aromatic nitrogens is 2. The number of nitrogens with one attached hydrogen (secondary N) is 9. The maximum atomic E-state index is 14.6. The van der Waals surface area contributed by atoms with E-state index in [1.807, 2.05) is 6.26 Å². The summed E-state index contributed by atoms with van der Waals surface area (Å²) in [6.45, 7) is 1.33. The summed E-state index contributed by atoms with van der Waals surface area (Å²) in [5, 5.41) is 35.0. The number of likely N-dealkylation sites (tertiary alicyclic amines) is 2. The molecule has 2 fully saturated rings. The van der Waals surface area contributed by atoms with E-state index in [2.05, 4.69) is 47.2 Å². The molecule has 0 aliphatic carbocycles. The fourth-order valence-corrected chi connectivity index (χ4v) is 8.75. The van der Waals surface area contributed by atoms with Gasteiger partial charge in [0.15, 0.2) is 5.96 Å². The zero-order chi connectivity index (χ0) is 52.0. The predicted octanol–water partition coefficient (Wildman–Crippen LogP) is -2.90. The van der Waals surface area contributed by atoms with Gasteiger partial charge in [0.05, 0.1) is 18.6 Å². The Morgan fingerprint density at radius 2 is 1.39 bits per heavy atom. The van der Waals surface area contributed by atoms with Gasteiger partial charge in [0, 0.05) is 52.0 Å². The lowest BCUT2D eigenvalue weighted by Crippen LogP contribution is -2.60. The van der Waals surface area contributed by atoms with E-state index < -0.39 is 114 Å². The molecule has 2 aliphatic rings. The Morgan fingerprint density at radius 1 is 0.775 bits per heavy atom. The molecular formula is C45H66N14O11S. The summed E-state index contributed by atoms with van der Waals surface area (Å²) < 4.78 is 0. The van der Waals surface area contributed by atoms with E-state index >= 15 is 0 Å². The number of nitrogens with zero attached hydrogens (tertiary/aromatic N) is 3. The highest BCUT2D eigenvalue weighted by molar-refractivity contribution is 7.98. The van der Waals surface area contributed by atoms with Gasteiger partial charge in [0.1, 0.15) is 42.3 Å². The molecule has 2 saturated heterocycles. The number of carboxylic acid groups (broad SMARTS) is 1. The first kappa shape index (κ1) is 56.3. The third-order valence-corrected chi connectivity index (χ3v) is 12.5. The molecule has 0 radical (unpaired) electrons. The third kappa shape index (κ3) is 18.2. The van der Waals surface area contributed by atoms with Gasteiger partial charge in [-0.15, -0.1) is 0 Å². The molecule has 9 amide bonds. The number of H-pyrrole nitrogens is 1. The van der Waals surface area contributed by atoms with Crippen molar-refractivity contribution >= 4 is 76.9 Å². The Balaban J connectivity index is 1.49. The fourth-order valence-electron chi connectivity index (χ4n) is 8.28. The lowest BCUT2D eigenvalue weighted by atomic mass is 10.0. The normalized spacial score (nSPS) is 17.3. The number of carbonyl (C=O) groups excluding carboxylic acids is 9. The number of nitrogens with two attached hydrogens (primary N) is 2. The number of rotatable bonds is 28. The predicted molar refractivity (Wildman–Crippen MR) is 258 cm³/mol. The molecule has 0 bridgehead atoms. The molecule has 7 atom stereocenters. The van der Waals surface area contributed by atoms with Crippen molar-refractivity contribution in [1.29, 1.82) is 5.41 Å². The van der Waals surface area contributed by atoms with Crippen LogP contribution in [-0.2, 0) is 60.8 Å². The van der Waals surface area contributed by atoms with Crippen LogP contribution >= 0.6 is 11.8 Å². The molecule has 0 unspecified atom stereocenters. The van der Waals surface area contributed by atoms with E-state index in [0.29, 0.717) is 42.7 Å². The minimum absolute atomic E-state index is 0.0417. The first-order valence-corrected chi connectivity index (χ1v) is 24.7. The van der Waals surface area contributed by atoms with Crippen molar-refractivity contribution < 1.29 is 53.1 Å². The van der Waals surface area contributed by atoms with Crippen molar-refractivity contribution in [1.82, 2.24) is 57.0 Å². The molecule has 1 aromatic carbocycles. The number of primary amides is 1. The first-order chi connectivity index (χ1) is 33.9. The van der Waals surface area contributed by atoms with Gasteiger partial charge in [-0.25, -0.2) is 4.98 Å². The van der Waals surface area contributed by atoms with Gasteiger partial charge in [0.25, 0.3) is 0 Å². The monoisotopic (exact) mass is 1010 g/mol. The molecular weight excluding hydrogens is 945 g/mol. The average molecular weight is 1010 g/mol. The van der Waals surface area contributed by atoms with Gasteiger partial charge in [-0.1, -0.05) is 30.3 Å². The number of guanidine groups is 1. The van der Waals surface area contributed by atoms with Gasteiger partial charge in [-0.2, -0.15) is 11.8 Å². The molecule has 3 heterocycles. The summed E-state index contributed by atoms with van der Waals surface area (Å²) in [5.41, 5.74) is 11.8. The molecule has 388 valence electrons. The summed E-state index contributed by atoms with van der Waals surface area (Å²) >= 11 is 1.43. The summed E-state index contributed by atoms with van der Waals surface area (Å²) in [6.07, 6.45) is 5.66. The van der Waals surface area contributed by atoms with Crippen molar-refractivity contribution in [3.8, 4) is 0 Å². The summed E-state index contributed by atoms with van der Waals surface area (Å²) in [4.78, 5) is 142. The minimum atomic E-state index is -1.46. The Bertz CT molecular complexity index is 2200. The number of benzene rings is 1. The van der Waals surface area contributed by atoms with Crippen molar-refractivity contribution in [2.45, 2.75) is 120 Å². The smallest absolute Gasteiger partial charge is 0.303 e. The van der Waals surface area contributed by atoms with Gasteiger partial charge in [-0.3, -0.25) is 53.4 Å². The highest BCUT2D eigenvalue weighted by atomic mass is 32.2. The topological polar surface area (TPSA) is 386 Å². The van der Waals surface area contributed by atoms with Crippen LogP contribution < -0.4 is 48.7 Å². The SMILES string of the molecule is CSCC[C@H](NC(C)=O)C(=O)N[C@@H](CCC(=O)O)C(=O)N[C@@H](Cc1c[nH]cn1)C(=O)N[C@@H](Cc1ccccc1)C(=O)N1CCC[C@H]1C(=O)NCC(=O)N1CCC[C@H]1C(=O)N[C@@H](CCCNC(=N)N)C(N)=O. The molecule has 25 nitrogen and oxygen atoms in total. The van der Waals surface area contributed by atoms with Crippen LogP contribution in [0.3, 0.4) is 0 Å². The summed E-state index contributed by atoms with van der Waals surface area (Å²) in [6, 6.07) is 0.492. The van der Waals surface area contributed by atoms with Crippen LogP contribution in [0.2, 0.25) is 0 Å². The Morgan fingerprint density at radius 3 is 2.00 bits per heavy atom. The number of imidazole rings is 1. The average Bonchev–Trinajstić information content (AvgIpc) is 4.15. The summed E-state index contributed by atoms with van der Waals surface area (Å²) in [5.74, 6) is -7.20. The van der Waals surface area contributed by atoms with Gasteiger partial charge in [0.2, 0.25) is 53.2 Å². The zero-order valence-electron chi connectivity index (χ0n) is 39.8. The van der Waals surface area contributed by atoms with E-state index in [9.17, 15) is 53.1 Å². The molecule has 26 heteroatoms. The largest absolute Gasteiger partial charge is 0.481 e.